The van der Waals surface area contributed by atoms with E-state index in [1.807, 2.05) is 0 Å². The highest BCUT2D eigenvalue weighted by Gasteiger charge is 2.36. The Morgan fingerprint density at radius 3 is 2.60 bits per heavy atom. The van der Waals surface area contributed by atoms with Crippen LogP contribution in [0.25, 0.3) is 0 Å². The van der Waals surface area contributed by atoms with Gasteiger partial charge in [-0.3, -0.25) is 4.98 Å². The van der Waals surface area contributed by atoms with Gasteiger partial charge in [0.2, 0.25) is 0 Å². The van der Waals surface area contributed by atoms with Crippen molar-refractivity contribution in [2.75, 3.05) is 11.9 Å². The van der Waals surface area contributed by atoms with Crippen molar-refractivity contribution in [2.24, 2.45) is 5.41 Å². The van der Waals surface area contributed by atoms with Gasteiger partial charge in [-0.1, -0.05) is 13.8 Å². The first kappa shape index (κ1) is 14.8. The molecule has 1 aliphatic carbocycles. The van der Waals surface area contributed by atoms with Crippen LogP contribution in [0.3, 0.4) is 0 Å². The lowest BCUT2D eigenvalue weighted by Crippen LogP contribution is -2.42. The maximum atomic E-state index is 11.1. The number of carbonyl (C=O) groups is 1. The van der Waals surface area contributed by atoms with E-state index in [-0.39, 0.29) is 11.0 Å². The molecule has 1 fully saturated rings. The van der Waals surface area contributed by atoms with Crippen molar-refractivity contribution in [2.45, 2.75) is 45.1 Å². The third kappa shape index (κ3) is 3.48. The first-order chi connectivity index (χ1) is 9.31. The van der Waals surface area contributed by atoms with Gasteiger partial charge < -0.3 is 15.5 Å². The first-order valence-electron chi connectivity index (χ1n) is 6.95. The summed E-state index contributed by atoms with van der Waals surface area (Å²) in [6.45, 7) is 4.80. The summed E-state index contributed by atoms with van der Waals surface area (Å²) in [4.78, 5) is 14.9. The number of carboxylic acids is 1. The summed E-state index contributed by atoms with van der Waals surface area (Å²) in [5.41, 5.74) is 0.168. The zero-order chi connectivity index (χ0) is 14.8. The van der Waals surface area contributed by atoms with Crippen LogP contribution >= 0.6 is 0 Å². The minimum atomic E-state index is -1.02. The molecular formula is C15H22N2O3. The van der Waals surface area contributed by atoms with E-state index in [9.17, 15) is 9.90 Å². The van der Waals surface area contributed by atoms with Gasteiger partial charge in [0, 0.05) is 18.9 Å². The van der Waals surface area contributed by atoms with Crippen molar-refractivity contribution in [3.63, 3.8) is 0 Å². The Morgan fingerprint density at radius 1 is 1.35 bits per heavy atom. The SMILES string of the molecule is CC1(C)CCC(O)(CNc2ccncc2C(=O)O)CC1. The molecule has 1 aromatic heterocycles. The normalized spacial score (nSPS) is 20.4. The third-order valence-corrected chi connectivity index (χ3v) is 4.19. The molecule has 0 aliphatic heterocycles. The predicted octanol–water partition coefficient (Wildman–Crippen LogP) is 2.52. The highest BCUT2D eigenvalue weighted by atomic mass is 16.4. The van der Waals surface area contributed by atoms with Crippen molar-refractivity contribution in [3.8, 4) is 0 Å². The number of pyridine rings is 1. The second-order valence-corrected chi connectivity index (χ2v) is 6.47. The van der Waals surface area contributed by atoms with Gasteiger partial charge in [0.25, 0.3) is 0 Å². The maximum Gasteiger partial charge on any atom is 0.339 e. The summed E-state index contributed by atoms with van der Waals surface area (Å²) in [5.74, 6) is -1.02. The lowest BCUT2D eigenvalue weighted by Gasteiger charge is -2.40. The van der Waals surface area contributed by atoms with E-state index >= 15 is 0 Å². The van der Waals surface area contributed by atoms with Gasteiger partial charge in [-0.15, -0.1) is 0 Å². The number of aromatic carboxylic acids is 1. The lowest BCUT2D eigenvalue weighted by atomic mass is 9.71. The minimum absolute atomic E-state index is 0.132. The van der Waals surface area contributed by atoms with E-state index in [0.29, 0.717) is 12.2 Å². The van der Waals surface area contributed by atoms with Crippen LogP contribution in [-0.4, -0.2) is 33.3 Å². The van der Waals surface area contributed by atoms with Crippen LogP contribution in [-0.2, 0) is 0 Å². The number of nitrogens with zero attached hydrogens (tertiary/aromatic N) is 1. The number of nitrogens with one attached hydrogen (secondary N) is 1. The summed E-state index contributed by atoms with van der Waals surface area (Å²) in [7, 11) is 0. The van der Waals surface area contributed by atoms with E-state index in [0.717, 1.165) is 25.7 Å². The van der Waals surface area contributed by atoms with Crippen molar-refractivity contribution in [1.82, 2.24) is 4.98 Å². The Hall–Kier alpha value is -1.62. The Balaban J connectivity index is 2.01. The van der Waals surface area contributed by atoms with E-state index < -0.39 is 11.6 Å². The largest absolute Gasteiger partial charge is 0.478 e. The molecule has 0 unspecified atom stereocenters. The third-order valence-electron chi connectivity index (χ3n) is 4.19. The number of hydrogen-bond acceptors (Lipinski definition) is 4. The average molecular weight is 278 g/mol. The monoisotopic (exact) mass is 278 g/mol. The molecule has 5 heteroatoms. The second-order valence-electron chi connectivity index (χ2n) is 6.47. The van der Waals surface area contributed by atoms with Crippen LogP contribution in [0, 0.1) is 5.41 Å². The molecule has 0 spiro atoms. The van der Waals surface area contributed by atoms with Gasteiger partial charge in [0.05, 0.1) is 11.3 Å². The standard InChI is InChI=1S/C15H22N2O3/c1-14(2)4-6-15(20,7-5-14)10-17-12-3-8-16-9-11(12)13(18)19/h3,8-9,20H,4-7,10H2,1-2H3,(H,16,17)(H,18,19). The van der Waals surface area contributed by atoms with Gasteiger partial charge in [-0.25, -0.2) is 4.79 Å². The Morgan fingerprint density at radius 2 is 2.00 bits per heavy atom. The van der Waals surface area contributed by atoms with Crippen LogP contribution in [0.1, 0.15) is 49.9 Å². The number of rotatable bonds is 4. The lowest BCUT2D eigenvalue weighted by molar-refractivity contribution is -0.0145. The molecule has 110 valence electrons. The van der Waals surface area contributed by atoms with Gasteiger partial charge in [0.1, 0.15) is 5.56 Å². The van der Waals surface area contributed by atoms with Crippen molar-refractivity contribution in [1.29, 1.82) is 0 Å². The Kier molecular flexibility index (Phi) is 3.99. The Bertz CT molecular complexity index is 490. The molecule has 2 rings (SSSR count). The first-order valence-corrected chi connectivity index (χ1v) is 6.95. The fourth-order valence-corrected chi connectivity index (χ4v) is 2.55. The fraction of sp³-hybridized carbons (Fsp3) is 0.600. The Labute approximate surface area is 119 Å². The highest BCUT2D eigenvalue weighted by Crippen LogP contribution is 2.40. The molecule has 0 bridgehead atoms. The quantitative estimate of drug-likeness (QED) is 0.788. The molecule has 3 N–H and O–H groups in total. The molecule has 0 atom stereocenters. The van der Waals surface area contributed by atoms with Crippen LogP contribution < -0.4 is 5.32 Å². The number of aromatic nitrogens is 1. The summed E-state index contributed by atoms with van der Waals surface area (Å²) in [5, 5.41) is 22.7. The van der Waals surface area contributed by atoms with Crippen molar-refractivity contribution >= 4 is 11.7 Å². The molecule has 20 heavy (non-hydrogen) atoms. The molecule has 1 aromatic rings. The van der Waals surface area contributed by atoms with E-state index in [2.05, 4.69) is 24.1 Å². The minimum Gasteiger partial charge on any atom is -0.478 e. The summed E-state index contributed by atoms with van der Waals surface area (Å²) >= 11 is 0. The van der Waals surface area contributed by atoms with E-state index in [1.54, 1.807) is 12.3 Å². The van der Waals surface area contributed by atoms with Crippen molar-refractivity contribution < 1.29 is 15.0 Å². The number of hydrogen-bond donors (Lipinski definition) is 3. The van der Waals surface area contributed by atoms with Gasteiger partial charge in [-0.2, -0.15) is 0 Å². The fourth-order valence-electron chi connectivity index (χ4n) is 2.55. The molecule has 5 nitrogen and oxygen atoms in total. The molecule has 1 heterocycles. The van der Waals surface area contributed by atoms with Crippen LogP contribution in [0.15, 0.2) is 18.5 Å². The molecule has 0 radical (unpaired) electrons. The molecule has 0 amide bonds. The summed E-state index contributed by atoms with van der Waals surface area (Å²) in [6.07, 6.45) is 6.29. The predicted molar refractivity (Wildman–Crippen MR) is 76.9 cm³/mol. The number of carboxylic acid groups (broad SMARTS) is 1. The molecule has 0 aromatic carbocycles. The summed E-state index contributed by atoms with van der Waals surface area (Å²) in [6, 6.07) is 1.62. The van der Waals surface area contributed by atoms with Crippen LogP contribution in [0.4, 0.5) is 5.69 Å². The topological polar surface area (TPSA) is 82.5 Å². The smallest absolute Gasteiger partial charge is 0.339 e. The highest BCUT2D eigenvalue weighted by molar-refractivity contribution is 5.93. The van der Waals surface area contributed by atoms with E-state index in [1.165, 1.54) is 6.20 Å². The van der Waals surface area contributed by atoms with Gasteiger partial charge in [-0.05, 0) is 37.2 Å². The van der Waals surface area contributed by atoms with Crippen LogP contribution in [0.2, 0.25) is 0 Å². The van der Waals surface area contributed by atoms with Gasteiger partial charge >= 0.3 is 5.97 Å². The van der Waals surface area contributed by atoms with Crippen molar-refractivity contribution in [3.05, 3.63) is 24.0 Å². The molecule has 1 saturated carbocycles. The summed E-state index contributed by atoms with van der Waals surface area (Å²) < 4.78 is 0. The number of aliphatic hydroxyl groups is 1. The zero-order valence-electron chi connectivity index (χ0n) is 12.0. The van der Waals surface area contributed by atoms with Gasteiger partial charge in [0.15, 0.2) is 0 Å². The molecule has 1 aliphatic rings. The zero-order valence-corrected chi connectivity index (χ0v) is 12.0. The van der Waals surface area contributed by atoms with Crippen LogP contribution in [0.5, 0.6) is 0 Å². The molecule has 0 saturated heterocycles. The van der Waals surface area contributed by atoms with E-state index in [4.69, 9.17) is 5.11 Å². The maximum absolute atomic E-state index is 11.1. The molecular weight excluding hydrogens is 256 g/mol. The average Bonchev–Trinajstić information content (AvgIpc) is 2.41. The number of anilines is 1. The second kappa shape index (κ2) is 5.40.